The van der Waals surface area contributed by atoms with Gasteiger partial charge in [0.2, 0.25) is 0 Å². The van der Waals surface area contributed by atoms with Gasteiger partial charge in [0.1, 0.15) is 21.4 Å². The van der Waals surface area contributed by atoms with Crippen molar-refractivity contribution >= 4 is 32.3 Å². The molecule has 0 aliphatic carbocycles. The Hall–Kier alpha value is -2.80. The second-order valence-electron chi connectivity index (χ2n) is 6.51. The molecule has 0 bridgehead atoms. The maximum absolute atomic E-state index is 13.4. The number of amides is 1. The van der Waals surface area contributed by atoms with Gasteiger partial charge in [0.15, 0.2) is 0 Å². The number of benzene rings is 2. The van der Waals surface area contributed by atoms with E-state index in [9.17, 15) is 57.2 Å². The number of halogens is 12. The predicted octanol–water partition coefficient (Wildman–Crippen LogP) is 8.30. The number of carboxylic acid groups (broad SMARTS) is 1. The van der Waals surface area contributed by atoms with Gasteiger partial charge in [-0.2, -0.15) is 0 Å². The Kier molecular flexibility index (Phi) is 6.56. The highest BCUT2D eigenvalue weighted by Crippen LogP contribution is 3.02. The third-order valence-corrected chi connectivity index (χ3v) is 6.08. The van der Waals surface area contributed by atoms with Gasteiger partial charge >= 0.3 is 26.4 Å². The zero-order valence-electron chi connectivity index (χ0n) is 16.9. The van der Waals surface area contributed by atoms with Crippen LogP contribution < -0.4 is 0 Å². The molecule has 2 aromatic rings. The number of hydrogen-bond donors (Lipinski definition) is 1. The number of carboxylic acids is 1. The zero-order valence-corrected chi connectivity index (χ0v) is 18.6. The van der Waals surface area contributed by atoms with Gasteiger partial charge in [-0.25, -0.2) is 18.6 Å². The molecule has 5 nitrogen and oxygen atoms in total. The van der Waals surface area contributed by atoms with Gasteiger partial charge in [0, 0.05) is 7.05 Å². The van der Waals surface area contributed by atoms with Gasteiger partial charge in [0.05, 0.1) is 18.2 Å². The van der Waals surface area contributed by atoms with Crippen LogP contribution in [0.25, 0.3) is 0 Å². The summed E-state index contributed by atoms with van der Waals surface area (Å²) in [5.74, 6) is -6.52. The van der Waals surface area contributed by atoms with E-state index < -0.39 is 77.0 Å². The fourth-order valence-corrected chi connectivity index (χ4v) is 3.37. The smallest absolute Gasteiger partial charge is 0.338 e. The van der Waals surface area contributed by atoms with Crippen molar-refractivity contribution in [1.29, 1.82) is 0 Å². The standard InChI is InChI=1S/C9H9F6NO2S.C7H4F6O2S/c1-16(18-2)9(17)7-4-3-6(5-8(7)10)19(11,12,13,14)15;8-6-3-4(16(9,10,11,12)13)1-2-5(6)7(14)15/h3-5H,1-2H3;1-3H,(H,14,15). The summed E-state index contributed by atoms with van der Waals surface area (Å²) in [6, 6.07) is -0.649. The number of carbonyl (C=O) groups is 2. The van der Waals surface area contributed by atoms with E-state index in [0.717, 1.165) is 14.2 Å². The molecule has 0 saturated carbocycles. The van der Waals surface area contributed by atoms with Crippen molar-refractivity contribution in [3.05, 3.63) is 59.2 Å². The topological polar surface area (TPSA) is 66.8 Å². The van der Waals surface area contributed by atoms with E-state index in [1.54, 1.807) is 0 Å². The summed E-state index contributed by atoms with van der Waals surface area (Å²) in [6.07, 6.45) is 0. The number of nitrogens with zero attached hydrogens (tertiary/aromatic N) is 1. The molecule has 0 radical (unpaired) electrons. The number of rotatable bonds is 5. The van der Waals surface area contributed by atoms with Crippen LogP contribution in [0.3, 0.4) is 0 Å². The third kappa shape index (κ3) is 8.13. The summed E-state index contributed by atoms with van der Waals surface area (Å²) < 4.78 is 149. The van der Waals surface area contributed by atoms with Gasteiger partial charge in [-0.15, -0.1) is 0 Å². The van der Waals surface area contributed by atoms with Crippen LogP contribution in [0.2, 0.25) is 0 Å². The van der Waals surface area contributed by atoms with E-state index >= 15 is 0 Å². The van der Waals surface area contributed by atoms with Crippen molar-refractivity contribution in [2.75, 3.05) is 14.2 Å². The van der Waals surface area contributed by atoms with Crippen LogP contribution in [0, 0.1) is 11.6 Å². The van der Waals surface area contributed by atoms with Gasteiger partial charge < -0.3 is 5.11 Å². The fraction of sp³-hybridized carbons (Fsp3) is 0.125. The molecule has 0 atom stereocenters. The summed E-state index contributed by atoms with van der Waals surface area (Å²) >= 11 is 0. The Morgan fingerprint density at radius 1 is 0.743 bits per heavy atom. The highest BCUT2D eigenvalue weighted by Gasteiger charge is 2.66. The van der Waals surface area contributed by atoms with E-state index in [4.69, 9.17) is 5.11 Å². The fourth-order valence-electron chi connectivity index (χ4n) is 2.07. The number of aromatic carboxylic acids is 1. The summed E-state index contributed by atoms with van der Waals surface area (Å²) in [5.41, 5.74) is -1.92. The second-order valence-corrected chi connectivity index (χ2v) is 11.3. The molecule has 0 unspecified atom stereocenters. The molecule has 0 aromatic heterocycles. The van der Waals surface area contributed by atoms with E-state index in [2.05, 4.69) is 4.84 Å². The molecule has 2 aromatic carbocycles. The average Bonchev–Trinajstić information content (AvgIpc) is 2.63. The molecule has 0 fully saturated rings. The molecule has 2 rings (SSSR count). The van der Waals surface area contributed by atoms with E-state index in [0.29, 0.717) is 11.1 Å². The minimum absolute atomic E-state index is 0.0403. The third-order valence-electron chi connectivity index (χ3n) is 3.79. The Bertz CT molecular complexity index is 1190. The molecule has 202 valence electrons. The summed E-state index contributed by atoms with van der Waals surface area (Å²) in [6.45, 7) is 0. The van der Waals surface area contributed by atoms with Gasteiger partial charge in [-0.3, -0.25) is 9.63 Å². The van der Waals surface area contributed by atoms with Crippen LogP contribution in [0.5, 0.6) is 0 Å². The Morgan fingerprint density at radius 2 is 1.09 bits per heavy atom. The van der Waals surface area contributed by atoms with Gasteiger partial charge in [-0.1, -0.05) is 38.9 Å². The lowest BCUT2D eigenvalue weighted by Crippen LogP contribution is -2.26. The first-order valence-corrected chi connectivity index (χ1v) is 12.1. The maximum atomic E-state index is 13.4. The molecule has 0 spiro atoms. The Labute approximate surface area is 188 Å². The van der Waals surface area contributed by atoms with Gasteiger partial charge in [0.25, 0.3) is 5.91 Å². The SMILES string of the molecule is CON(C)C(=O)c1ccc(S(F)(F)(F)(F)F)cc1F.O=C(O)c1ccc(S(F)(F)(F)(F)F)cc1F. The second kappa shape index (κ2) is 7.60. The van der Waals surface area contributed by atoms with Crippen molar-refractivity contribution in [3.8, 4) is 0 Å². The van der Waals surface area contributed by atoms with Crippen LogP contribution in [0.15, 0.2) is 46.2 Å². The highest BCUT2D eigenvalue weighted by atomic mass is 32.5. The molecule has 19 heteroatoms. The average molecular weight is 575 g/mol. The summed E-state index contributed by atoms with van der Waals surface area (Å²) in [4.78, 5) is 21.2. The van der Waals surface area contributed by atoms with E-state index in [-0.39, 0.29) is 18.2 Å². The monoisotopic (exact) mass is 575 g/mol. The van der Waals surface area contributed by atoms with Crippen molar-refractivity contribution in [1.82, 2.24) is 5.06 Å². The molecule has 0 aliphatic rings. The molecular formula is C16H13F12NO4S2. The predicted molar refractivity (Wildman–Crippen MR) is 102 cm³/mol. The summed E-state index contributed by atoms with van der Waals surface area (Å²) in [5, 5.41) is 8.83. The van der Waals surface area contributed by atoms with Crippen LogP contribution in [0.4, 0.5) is 47.6 Å². The van der Waals surface area contributed by atoms with Crippen LogP contribution in [-0.4, -0.2) is 36.2 Å². The van der Waals surface area contributed by atoms with Crippen LogP contribution in [0.1, 0.15) is 20.7 Å². The van der Waals surface area contributed by atoms with Gasteiger partial charge in [-0.05, 0) is 36.4 Å². The van der Waals surface area contributed by atoms with Crippen LogP contribution in [-0.2, 0) is 4.84 Å². The minimum atomic E-state index is -9.96. The quantitative estimate of drug-likeness (QED) is 0.288. The number of carbonyl (C=O) groups excluding carboxylic acids is 1. The number of hydrogen-bond acceptors (Lipinski definition) is 3. The molecule has 0 heterocycles. The van der Waals surface area contributed by atoms with Crippen molar-refractivity contribution in [2.24, 2.45) is 0 Å². The molecule has 0 aliphatic heterocycles. The summed E-state index contributed by atoms with van der Waals surface area (Å²) in [7, 11) is -17.8. The molecular weight excluding hydrogens is 562 g/mol. The number of hydroxylamine groups is 2. The lowest BCUT2D eigenvalue weighted by molar-refractivity contribution is -0.0759. The lowest BCUT2D eigenvalue weighted by Gasteiger charge is -2.40. The lowest BCUT2D eigenvalue weighted by atomic mass is 10.2. The Balaban J connectivity index is 0.000000355. The van der Waals surface area contributed by atoms with Crippen molar-refractivity contribution in [3.63, 3.8) is 0 Å². The van der Waals surface area contributed by atoms with Crippen LogP contribution >= 0.6 is 20.4 Å². The maximum Gasteiger partial charge on any atom is 0.338 e. The van der Waals surface area contributed by atoms with Crippen molar-refractivity contribution < 1.29 is 67.2 Å². The first-order valence-electron chi connectivity index (χ1n) is 8.20. The first-order chi connectivity index (χ1) is 15.1. The van der Waals surface area contributed by atoms with E-state index in [1.165, 1.54) is 0 Å². The largest absolute Gasteiger partial charge is 0.478 e. The van der Waals surface area contributed by atoms with E-state index in [1.807, 2.05) is 0 Å². The molecule has 35 heavy (non-hydrogen) atoms. The zero-order chi connectivity index (χ0) is 28.0. The molecule has 1 N–H and O–H groups in total. The minimum Gasteiger partial charge on any atom is -0.478 e. The van der Waals surface area contributed by atoms with Crippen molar-refractivity contribution in [2.45, 2.75) is 9.79 Å². The molecule has 1 amide bonds. The Morgan fingerprint density at radius 3 is 1.34 bits per heavy atom. The first kappa shape index (κ1) is 30.2. The normalized spacial score (nSPS) is 15.9. The molecule has 0 saturated heterocycles. The highest BCUT2D eigenvalue weighted by molar-refractivity contribution is 8.46.